The van der Waals surface area contributed by atoms with Crippen molar-refractivity contribution in [1.29, 1.82) is 0 Å². The van der Waals surface area contributed by atoms with Gasteiger partial charge in [0.05, 0.1) is 6.54 Å². The predicted molar refractivity (Wildman–Crippen MR) is 94.1 cm³/mol. The smallest absolute Gasteiger partial charge is 0.253 e. The third kappa shape index (κ3) is 4.71. The fourth-order valence-electron chi connectivity index (χ4n) is 2.96. The van der Waals surface area contributed by atoms with E-state index in [1.165, 1.54) is 12.8 Å². The van der Waals surface area contributed by atoms with Crippen molar-refractivity contribution >= 4 is 23.4 Å². The molecule has 0 spiro atoms. The molecular formula is C18H24ClN3O2. The first-order chi connectivity index (χ1) is 11.6. The van der Waals surface area contributed by atoms with E-state index in [2.05, 4.69) is 5.32 Å². The van der Waals surface area contributed by atoms with E-state index in [0.717, 1.165) is 18.9 Å². The zero-order valence-electron chi connectivity index (χ0n) is 13.8. The van der Waals surface area contributed by atoms with Crippen LogP contribution in [0.5, 0.6) is 0 Å². The van der Waals surface area contributed by atoms with Gasteiger partial charge in [-0.1, -0.05) is 11.6 Å². The molecule has 1 aromatic carbocycles. The first kappa shape index (κ1) is 17.2. The summed E-state index contributed by atoms with van der Waals surface area (Å²) in [5, 5.41) is 3.87. The van der Waals surface area contributed by atoms with Crippen LogP contribution in [0.15, 0.2) is 24.3 Å². The number of halogens is 1. The number of hydrogen-bond donors (Lipinski definition) is 1. The Morgan fingerprint density at radius 1 is 1.04 bits per heavy atom. The number of amides is 2. The second-order valence-corrected chi connectivity index (χ2v) is 7.04. The largest absolute Gasteiger partial charge is 0.340 e. The number of carbonyl (C=O) groups excluding carboxylic acids is 2. The van der Waals surface area contributed by atoms with Gasteiger partial charge in [-0.2, -0.15) is 0 Å². The zero-order chi connectivity index (χ0) is 16.9. The molecule has 0 radical (unpaired) electrons. The van der Waals surface area contributed by atoms with E-state index in [0.29, 0.717) is 43.3 Å². The minimum Gasteiger partial charge on any atom is -0.340 e. The summed E-state index contributed by atoms with van der Waals surface area (Å²) >= 11 is 5.87. The van der Waals surface area contributed by atoms with Gasteiger partial charge in [0.1, 0.15) is 0 Å². The van der Waals surface area contributed by atoms with Crippen LogP contribution in [0.4, 0.5) is 0 Å². The lowest BCUT2D eigenvalue weighted by Gasteiger charge is -2.22. The van der Waals surface area contributed by atoms with Crippen LogP contribution in [-0.2, 0) is 4.79 Å². The minimum atomic E-state index is 0.00724. The highest BCUT2D eigenvalue weighted by Gasteiger charge is 2.24. The molecule has 1 saturated carbocycles. The molecule has 5 nitrogen and oxygen atoms in total. The van der Waals surface area contributed by atoms with Gasteiger partial charge in [0.25, 0.3) is 5.91 Å². The number of hydrogen-bond acceptors (Lipinski definition) is 3. The second-order valence-electron chi connectivity index (χ2n) is 6.61. The maximum absolute atomic E-state index is 12.6. The molecule has 2 amide bonds. The van der Waals surface area contributed by atoms with Crippen LogP contribution in [0.25, 0.3) is 0 Å². The number of carbonyl (C=O) groups is 2. The zero-order valence-corrected chi connectivity index (χ0v) is 14.6. The molecule has 1 aliphatic heterocycles. The maximum Gasteiger partial charge on any atom is 0.253 e. The van der Waals surface area contributed by atoms with E-state index in [9.17, 15) is 9.59 Å². The Morgan fingerprint density at radius 2 is 1.71 bits per heavy atom. The molecule has 1 N–H and O–H groups in total. The summed E-state index contributed by atoms with van der Waals surface area (Å²) in [6, 6.07) is 6.96. The van der Waals surface area contributed by atoms with Gasteiger partial charge in [-0.25, -0.2) is 0 Å². The van der Waals surface area contributed by atoms with Crippen molar-refractivity contribution in [3.05, 3.63) is 34.9 Å². The summed E-state index contributed by atoms with van der Waals surface area (Å²) < 4.78 is 0. The van der Waals surface area contributed by atoms with Crippen LogP contribution in [-0.4, -0.2) is 60.9 Å². The summed E-state index contributed by atoms with van der Waals surface area (Å²) in [5.41, 5.74) is 0.644. The van der Waals surface area contributed by atoms with Crippen LogP contribution in [0.2, 0.25) is 5.02 Å². The summed E-state index contributed by atoms with van der Waals surface area (Å²) in [4.78, 5) is 28.5. The van der Waals surface area contributed by atoms with E-state index < -0.39 is 0 Å². The van der Waals surface area contributed by atoms with Crippen LogP contribution in [0.3, 0.4) is 0 Å². The van der Waals surface area contributed by atoms with E-state index in [-0.39, 0.29) is 11.8 Å². The maximum atomic E-state index is 12.6. The molecule has 0 aromatic heterocycles. The lowest BCUT2D eigenvalue weighted by molar-refractivity contribution is -0.130. The van der Waals surface area contributed by atoms with E-state index >= 15 is 0 Å². The standard InChI is InChI=1S/C18H24ClN3O2/c19-16-6-4-15(5-7-16)18(24)22-9-1-8-21(10-11-22)17(23)13-20-12-14-2-3-14/h4-7,14,20H,1-3,8-13H2. The van der Waals surface area contributed by atoms with Crippen LogP contribution < -0.4 is 5.32 Å². The van der Waals surface area contributed by atoms with Gasteiger partial charge in [0.15, 0.2) is 0 Å². The molecule has 6 heteroatoms. The highest BCUT2D eigenvalue weighted by atomic mass is 35.5. The average molecular weight is 350 g/mol. The summed E-state index contributed by atoms with van der Waals surface area (Å²) in [6.07, 6.45) is 3.38. The van der Waals surface area contributed by atoms with Crippen molar-refractivity contribution in [3.63, 3.8) is 0 Å². The van der Waals surface area contributed by atoms with E-state index in [4.69, 9.17) is 11.6 Å². The normalized spacial score (nSPS) is 18.4. The van der Waals surface area contributed by atoms with Gasteiger partial charge < -0.3 is 15.1 Å². The summed E-state index contributed by atoms with van der Waals surface area (Å²) in [7, 11) is 0. The van der Waals surface area contributed by atoms with Gasteiger partial charge in [-0.05, 0) is 56.0 Å². The topological polar surface area (TPSA) is 52.7 Å². The van der Waals surface area contributed by atoms with Crippen LogP contribution in [0, 0.1) is 5.92 Å². The molecule has 1 saturated heterocycles. The third-order valence-electron chi connectivity index (χ3n) is 4.63. The molecular weight excluding hydrogens is 326 g/mol. The number of nitrogens with one attached hydrogen (secondary N) is 1. The fraction of sp³-hybridized carbons (Fsp3) is 0.556. The minimum absolute atomic E-state index is 0.00724. The average Bonchev–Trinajstić information content (AvgIpc) is 3.41. The van der Waals surface area contributed by atoms with Crippen molar-refractivity contribution in [2.24, 2.45) is 5.92 Å². The molecule has 1 heterocycles. The van der Waals surface area contributed by atoms with Crippen molar-refractivity contribution < 1.29 is 9.59 Å². The van der Waals surface area contributed by atoms with E-state index in [1.807, 2.05) is 9.80 Å². The Morgan fingerprint density at radius 3 is 2.42 bits per heavy atom. The van der Waals surface area contributed by atoms with Gasteiger partial charge in [-0.15, -0.1) is 0 Å². The predicted octanol–water partition coefficient (Wildman–Crippen LogP) is 2.01. The molecule has 0 unspecified atom stereocenters. The molecule has 2 fully saturated rings. The quantitative estimate of drug-likeness (QED) is 0.884. The number of nitrogens with zero attached hydrogens (tertiary/aromatic N) is 2. The molecule has 1 aromatic rings. The Hall–Kier alpha value is -1.59. The monoisotopic (exact) mass is 349 g/mol. The third-order valence-corrected chi connectivity index (χ3v) is 4.89. The van der Waals surface area contributed by atoms with E-state index in [1.54, 1.807) is 24.3 Å². The second kappa shape index (κ2) is 7.99. The lowest BCUT2D eigenvalue weighted by Crippen LogP contribution is -2.41. The van der Waals surface area contributed by atoms with Crippen LogP contribution >= 0.6 is 11.6 Å². The number of benzene rings is 1. The van der Waals surface area contributed by atoms with Crippen molar-refractivity contribution in [2.75, 3.05) is 39.3 Å². The SMILES string of the molecule is O=C(CNCC1CC1)N1CCCN(C(=O)c2ccc(Cl)cc2)CC1. The Bertz CT molecular complexity index is 586. The van der Waals surface area contributed by atoms with Crippen molar-refractivity contribution in [2.45, 2.75) is 19.3 Å². The lowest BCUT2D eigenvalue weighted by atomic mass is 10.2. The van der Waals surface area contributed by atoms with Gasteiger partial charge in [0.2, 0.25) is 5.91 Å². The molecule has 24 heavy (non-hydrogen) atoms. The van der Waals surface area contributed by atoms with Crippen molar-refractivity contribution in [3.8, 4) is 0 Å². The first-order valence-corrected chi connectivity index (χ1v) is 9.04. The first-order valence-electron chi connectivity index (χ1n) is 8.67. The van der Waals surface area contributed by atoms with Gasteiger partial charge in [0, 0.05) is 36.8 Å². The Balaban J connectivity index is 1.49. The summed E-state index contributed by atoms with van der Waals surface area (Å²) in [6.45, 7) is 3.93. The molecule has 1 aliphatic carbocycles. The number of rotatable bonds is 5. The molecule has 2 aliphatic rings. The van der Waals surface area contributed by atoms with Gasteiger partial charge in [-0.3, -0.25) is 9.59 Å². The molecule has 0 bridgehead atoms. The molecule has 3 rings (SSSR count). The fourth-order valence-corrected chi connectivity index (χ4v) is 3.09. The highest BCUT2D eigenvalue weighted by Crippen LogP contribution is 2.27. The summed E-state index contributed by atoms with van der Waals surface area (Å²) in [5.74, 6) is 0.915. The Labute approximate surface area is 147 Å². The molecule has 0 atom stereocenters. The Kier molecular flexibility index (Phi) is 5.74. The van der Waals surface area contributed by atoms with Crippen molar-refractivity contribution in [1.82, 2.24) is 15.1 Å². The van der Waals surface area contributed by atoms with Crippen LogP contribution in [0.1, 0.15) is 29.6 Å². The highest BCUT2D eigenvalue weighted by molar-refractivity contribution is 6.30. The molecule has 130 valence electrons. The van der Waals surface area contributed by atoms with Gasteiger partial charge >= 0.3 is 0 Å².